The maximum Gasteiger partial charge on any atom is 1.00 e. The summed E-state index contributed by atoms with van der Waals surface area (Å²) in [6.45, 7) is 0. The Morgan fingerprint density at radius 1 is 0.900 bits per heavy atom. The first-order chi connectivity index (χ1) is 3.63. The Labute approximate surface area is 89.0 Å². The second-order valence-corrected chi connectivity index (χ2v) is 1.24. The molecule has 0 radical (unpaired) electrons. The minimum absolute atomic E-state index is 0. The first-order valence-electron chi connectivity index (χ1n) is 2.02. The number of hydrogen-bond donors (Lipinski definition) is 0. The molecule has 4 nitrogen and oxygen atoms in total. The summed E-state index contributed by atoms with van der Waals surface area (Å²) in [5.74, 6) is -2.73. The molecule has 0 aliphatic carbocycles. The monoisotopic (exact) mass is 330 g/mol. The molecule has 0 aromatic heterocycles. The van der Waals surface area contributed by atoms with Crippen LogP contribution in [-0.2, 0) is 54.3 Å². The second kappa shape index (κ2) is 9.42. The van der Waals surface area contributed by atoms with Crippen molar-refractivity contribution in [3.8, 4) is 0 Å². The third kappa shape index (κ3) is 15.8. The van der Waals surface area contributed by atoms with Gasteiger partial charge in [-0.05, 0) is 12.8 Å². The van der Waals surface area contributed by atoms with Crippen LogP contribution in [0.1, 0.15) is 12.8 Å². The quantitative estimate of drug-likeness (QED) is 0.526. The van der Waals surface area contributed by atoms with Crippen molar-refractivity contribution in [3.63, 3.8) is 0 Å². The molecule has 0 saturated carbocycles. The van der Waals surface area contributed by atoms with Gasteiger partial charge in [-0.2, -0.15) is 0 Å². The summed E-state index contributed by atoms with van der Waals surface area (Å²) in [7, 11) is 0. The van der Waals surface area contributed by atoms with Gasteiger partial charge in [-0.1, -0.05) is 0 Å². The van der Waals surface area contributed by atoms with Crippen LogP contribution in [0.4, 0.5) is 0 Å². The molecule has 0 fully saturated rings. The van der Waals surface area contributed by atoms with Crippen LogP contribution in [0.3, 0.4) is 0 Å². The first kappa shape index (κ1) is 16.8. The number of carbonyl (C=O) groups excluding carboxylic acids is 2. The number of rotatable bonds is 3. The van der Waals surface area contributed by atoms with Gasteiger partial charge in [0.25, 0.3) is 0 Å². The van der Waals surface area contributed by atoms with Crippen molar-refractivity contribution < 1.29 is 64.6 Å². The maximum absolute atomic E-state index is 9.50. The molecule has 0 bridgehead atoms. The zero-order valence-corrected chi connectivity index (χ0v) is 7.61. The van der Waals surface area contributed by atoms with Gasteiger partial charge in [-0.25, -0.2) is 0 Å². The Bertz CT molecular complexity index is 99.8. The van der Waals surface area contributed by atoms with Crippen LogP contribution in [0.2, 0.25) is 0 Å². The number of carboxylic acid groups (broad SMARTS) is 2. The predicted octanol–water partition coefficient (Wildman–Crippen LogP) is -2.74. The summed E-state index contributed by atoms with van der Waals surface area (Å²) in [5.41, 5.74) is 0. The average Bonchev–Trinajstić information content (AvgIpc) is 1.61. The fourth-order valence-corrected chi connectivity index (χ4v) is 0.204. The Balaban J connectivity index is -0.000000245. The molecule has 0 aliphatic rings. The first-order valence-corrected chi connectivity index (χ1v) is 2.02. The molecule has 0 saturated heterocycles. The summed E-state index contributed by atoms with van der Waals surface area (Å²) in [6, 6.07) is 0. The van der Waals surface area contributed by atoms with E-state index in [-0.39, 0.29) is 44.8 Å². The van der Waals surface area contributed by atoms with Crippen molar-refractivity contribution in [1.82, 2.24) is 0 Å². The number of carboxylic acids is 2. The van der Waals surface area contributed by atoms with Crippen molar-refractivity contribution in [2.75, 3.05) is 0 Å². The Morgan fingerprint density at radius 3 is 1.20 bits per heavy atom. The number of aliphatic carboxylic acids is 2. The Hall–Kier alpha value is 0.421. The van der Waals surface area contributed by atoms with Gasteiger partial charge in [-0.3, -0.25) is 0 Å². The molecular weight excluding hydrogens is 328 g/mol. The summed E-state index contributed by atoms with van der Waals surface area (Å²) in [5, 5.41) is 19.0. The molecular formula is C4H4Ag2O4. The molecule has 6 heteroatoms. The van der Waals surface area contributed by atoms with Crippen molar-refractivity contribution in [2.45, 2.75) is 12.8 Å². The standard InChI is InChI=1S/C4H6O4.2Ag/c5-3(6)1-2-4(7)8;;/h1-2H2,(H,5,6)(H,7,8);;/q;2*+1/p-2. The summed E-state index contributed by atoms with van der Waals surface area (Å²) < 4.78 is 0. The third-order valence-electron chi connectivity index (χ3n) is 0.533. The molecule has 10 heavy (non-hydrogen) atoms. The van der Waals surface area contributed by atoms with E-state index in [2.05, 4.69) is 0 Å². The topological polar surface area (TPSA) is 80.3 Å². The van der Waals surface area contributed by atoms with E-state index in [0.717, 1.165) is 0 Å². The van der Waals surface area contributed by atoms with Crippen molar-refractivity contribution in [3.05, 3.63) is 0 Å². The Morgan fingerprint density at radius 2 is 1.10 bits per heavy atom. The number of hydrogen-bond acceptors (Lipinski definition) is 4. The van der Waals surface area contributed by atoms with Crippen molar-refractivity contribution >= 4 is 11.9 Å². The van der Waals surface area contributed by atoms with Crippen LogP contribution in [-0.4, -0.2) is 11.9 Å². The van der Waals surface area contributed by atoms with Crippen LogP contribution in [0.5, 0.6) is 0 Å². The zero-order chi connectivity index (χ0) is 6.57. The largest absolute Gasteiger partial charge is 1.00 e. The maximum atomic E-state index is 9.50. The van der Waals surface area contributed by atoms with Crippen LogP contribution in [0, 0.1) is 0 Å². The van der Waals surface area contributed by atoms with Crippen LogP contribution < -0.4 is 10.2 Å². The molecule has 0 amide bonds. The zero-order valence-electron chi connectivity index (χ0n) is 4.65. The van der Waals surface area contributed by atoms with Gasteiger partial charge in [0.05, 0.1) is 0 Å². The molecule has 0 atom stereocenters. The van der Waals surface area contributed by atoms with Gasteiger partial charge >= 0.3 is 44.8 Å². The molecule has 0 aromatic rings. The summed E-state index contributed by atoms with van der Waals surface area (Å²) in [6.07, 6.45) is -0.940. The molecule has 66 valence electrons. The van der Waals surface area contributed by atoms with Gasteiger partial charge in [0.15, 0.2) is 0 Å². The van der Waals surface area contributed by atoms with Crippen molar-refractivity contribution in [2.24, 2.45) is 0 Å². The van der Waals surface area contributed by atoms with Crippen LogP contribution >= 0.6 is 0 Å². The van der Waals surface area contributed by atoms with Crippen LogP contribution in [0.15, 0.2) is 0 Å². The van der Waals surface area contributed by atoms with Gasteiger partial charge in [0.1, 0.15) is 0 Å². The third-order valence-corrected chi connectivity index (χ3v) is 0.533. The normalized spacial score (nSPS) is 6.80. The van der Waals surface area contributed by atoms with Gasteiger partial charge in [0, 0.05) is 11.9 Å². The average molecular weight is 332 g/mol. The molecule has 0 rings (SSSR count). The SMILES string of the molecule is O=C([O-])CCC(=O)[O-].[Ag+].[Ag+]. The van der Waals surface area contributed by atoms with Crippen LogP contribution in [0.25, 0.3) is 0 Å². The van der Waals surface area contributed by atoms with E-state index in [9.17, 15) is 19.8 Å². The molecule has 0 heterocycles. The van der Waals surface area contributed by atoms with Gasteiger partial charge in [0.2, 0.25) is 0 Å². The smallest absolute Gasteiger partial charge is 0.550 e. The van der Waals surface area contributed by atoms with Crippen molar-refractivity contribution in [1.29, 1.82) is 0 Å². The van der Waals surface area contributed by atoms with E-state index >= 15 is 0 Å². The second-order valence-electron chi connectivity index (χ2n) is 1.24. The summed E-state index contributed by atoms with van der Waals surface area (Å²) in [4.78, 5) is 19.0. The van der Waals surface area contributed by atoms with E-state index in [0.29, 0.717) is 0 Å². The fraction of sp³-hybridized carbons (Fsp3) is 0.500. The molecule has 0 unspecified atom stereocenters. The van der Waals surface area contributed by atoms with Gasteiger partial charge in [-0.15, -0.1) is 0 Å². The fourth-order valence-electron chi connectivity index (χ4n) is 0.204. The Kier molecular flexibility index (Phi) is 15.8. The minimum Gasteiger partial charge on any atom is -0.550 e. The molecule has 0 aliphatic heterocycles. The van der Waals surface area contributed by atoms with Gasteiger partial charge < -0.3 is 19.8 Å². The molecule has 0 N–H and O–H groups in total. The predicted molar refractivity (Wildman–Crippen MR) is 19.2 cm³/mol. The van der Waals surface area contributed by atoms with E-state index < -0.39 is 24.8 Å². The summed E-state index contributed by atoms with van der Waals surface area (Å²) >= 11 is 0. The molecule has 0 aromatic carbocycles. The van der Waals surface area contributed by atoms with E-state index in [1.54, 1.807) is 0 Å². The number of carbonyl (C=O) groups is 2. The minimum atomic E-state index is -1.37. The van der Waals surface area contributed by atoms with E-state index in [4.69, 9.17) is 0 Å². The van der Waals surface area contributed by atoms with E-state index in [1.807, 2.05) is 0 Å². The van der Waals surface area contributed by atoms with E-state index in [1.165, 1.54) is 0 Å². The molecule has 0 spiro atoms.